The van der Waals surface area contributed by atoms with Gasteiger partial charge >= 0.3 is 5.97 Å². The van der Waals surface area contributed by atoms with E-state index in [9.17, 15) is 13.2 Å². The van der Waals surface area contributed by atoms with Gasteiger partial charge in [0.05, 0.1) is 12.9 Å². The van der Waals surface area contributed by atoms with Crippen molar-refractivity contribution in [3.63, 3.8) is 0 Å². The third-order valence-electron chi connectivity index (χ3n) is 2.23. The molecule has 0 bridgehead atoms. The fourth-order valence-electron chi connectivity index (χ4n) is 1.26. The summed E-state index contributed by atoms with van der Waals surface area (Å²) in [5, 5.41) is 0. The van der Waals surface area contributed by atoms with Crippen molar-refractivity contribution >= 4 is 27.8 Å². The van der Waals surface area contributed by atoms with E-state index in [4.69, 9.17) is 0 Å². The van der Waals surface area contributed by atoms with Crippen molar-refractivity contribution in [2.75, 3.05) is 24.9 Å². The third kappa shape index (κ3) is 8.45. The van der Waals surface area contributed by atoms with Gasteiger partial charge < -0.3 is 4.74 Å². The zero-order valence-electron chi connectivity index (χ0n) is 10.6. The number of methoxy groups -OCH3 is 1. The van der Waals surface area contributed by atoms with E-state index in [-0.39, 0.29) is 30.6 Å². The van der Waals surface area contributed by atoms with Crippen LogP contribution in [0.25, 0.3) is 0 Å². The first-order chi connectivity index (χ1) is 7.95. The summed E-state index contributed by atoms with van der Waals surface area (Å²) >= 11 is 1.61. The van der Waals surface area contributed by atoms with Crippen molar-refractivity contribution in [1.29, 1.82) is 0 Å². The fraction of sp³-hybridized carbons (Fsp3) is 0.900. The van der Waals surface area contributed by atoms with Crippen molar-refractivity contribution in [2.45, 2.75) is 32.2 Å². The van der Waals surface area contributed by atoms with Crippen molar-refractivity contribution in [2.24, 2.45) is 0 Å². The number of sulfonamides is 1. The van der Waals surface area contributed by atoms with E-state index in [1.54, 1.807) is 11.8 Å². The maximum absolute atomic E-state index is 11.7. The Balaban J connectivity index is 4.06. The molecule has 0 aliphatic rings. The summed E-state index contributed by atoms with van der Waals surface area (Å²) in [5.74, 6) is 0.344. The Kier molecular flexibility index (Phi) is 8.63. The average Bonchev–Trinajstić information content (AvgIpc) is 2.27. The highest BCUT2D eigenvalue weighted by molar-refractivity contribution is 7.98. The number of nitrogens with one attached hydrogen (secondary N) is 1. The first kappa shape index (κ1) is 16.7. The van der Waals surface area contributed by atoms with E-state index in [2.05, 4.69) is 9.46 Å². The summed E-state index contributed by atoms with van der Waals surface area (Å²) in [6.07, 6.45) is 3.12. The summed E-state index contributed by atoms with van der Waals surface area (Å²) in [4.78, 5) is 10.8. The van der Waals surface area contributed by atoms with Crippen LogP contribution in [-0.4, -0.2) is 45.3 Å². The molecule has 0 aromatic carbocycles. The molecule has 17 heavy (non-hydrogen) atoms. The SMILES string of the molecule is CCC(CSC)NS(=O)(=O)CCCC(=O)OC. The van der Waals surface area contributed by atoms with E-state index in [1.807, 2.05) is 13.2 Å². The lowest BCUT2D eigenvalue weighted by Crippen LogP contribution is -2.37. The molecular formula is C10H21NO4S2. The molecule has 0 radical (unpaired) electrons. The highest BCUT2D eigenvalue weighted by atomic mass is 32.2. The standard InChI is InChI=1S/C10H21NO4S2/c1-4-9(8-16-3)11-17(13,14)7-5-6-10(12)15-2/h9,11H,4-8H2,1-3H3. The Morgan fingerprint density at radius 1 is 1.47 bits per heavy atom. The number of hydrogen-bond acceptors (Lipinski definition) is 5. The van der Waals surface area contributed by atoms with E-state index in [0.29, 0.717) is 0 Å². The predicted octanol–water partition coefficient (Wildman–Crippen LogP) is 1.00. The maximum atomic E-state index is 11.7. The van der Waals surface area contributed by atoms with Crippen LogP contribution in [0.15, 0.2) is 0 Å². The van der Waals surface area contributed by atoms with Crippen LogP contribution < -0.4 is 4.72 Å². The second kappa shape index (κ2) is 8.77. The van der Waals surface area contributed by atoms with Gasteiger partial charge in [0.15, 0.2) is 0 Å². The minimum absolute atomic E-state index is 0.0341. The van der Waals surface area contributed by atoms with Gasteiger partial charge in [-0.25, -0.2) is 13.1 Å². The van der Waals surface area contributed by atoms with Gasteiger partial charge in [0.1, 0.15) is 0 Å². The summed E-state index contributed by atoms with van der Waals surface area (Å²) < 4.78 is 30.4. The van der Waals surface area contributed by atoms with E-state index in [1.165, 1.54) is 7.11 Å². The fourth-order valence-corrected chi connectivity index (χ4v) is 3.48. The van der Waals surface area contributed by atoms with Crippen LogP contribution in [0.3, 0.4) is 0 Å². The van der Waals surface area contributed by atoms with Crippen molar-refractivity contribution in [1.82, 2.24) is 4.72 Å². The van der Waals surface area contributed by atoms with Gasteiger partial charge in [0, 0.05) is 18.2 Å². The second-order valence-corrected chi connectivity index (χ2v) is 6.46. The number of thioether (sulfide) groups is 1. The quantitative estimate of drug-likeness (QED) is 0.639. The molecule has 5 nitrogen and oxygen atoms in total. The third-order valence-corrected chi connectivity index (χ3v) is 4.48. The first-order valence-corrected chi connectivity index (χ1v) is 8.55. The summed E-state index contributed by atoms with van der Waals surface area (Å²) in [7, 11) is -2.00. The molecule has 0 aromatic heterocycles. The molecule has 0 spiro atoms. The number of hydrogen-bond donors (Lipinski definition) is 1. The molecule has 1 unspecified atom stereocenters. The molecule has 0 rings (SSSR count). The van der Waals surface area contributed by atoms with E-state index >= 15 is 0 Å². The van der Waals surface area contributed by atoms with Crippen LogP contribution >= 0.6 is 11.8 Å². The Labute approximate surface area is 108 Å². The minimum atomic E-state index is -3.29. The lowest BCUT2D eigenvalue weighted by Gasteiger charge is -2.15. The van der Waals surface area contributed by atoms with Crippen molar-refractivity contribution in [3.8, 4) is 0 Å². The Hall–Kier alpha value is -0.270. The summed E-state index contributed by atoms with van der Waals surface area (Å²) in [6.45, 7) is 1.94. The highest BCUT2D eigenvalue weighted by Gasteiger charge is 2.16. The zero-order valence-corrected chi connectivity index (χ0v) is 12.2. The van der Waals surface area contributed by atoms with Crippen LogP contribution in [-0.2, 0) is 19.6 Å². The monoisotopic (exact) mass is 283 g/mol. The molecule has 7 heteroatoms. The highest BCUT2D eigenvalue weighted by Crippen LogP contribution is 2.04. The largest absolute Gasteiger partial charge is 0.469 e. The second-order valence-electron chi connectivity index (χ2n) is 3.68. The molecule has 0 saturated carbocycles. The summed E-state index contributed by atoms with van der Waals surface area (Å²) in [6, 6.07) is -0.0341. The van der Waals surface area contributed by atoms with Gasteiger partial charge in [-0.1, -0.05) is 6.92 Å². The molecule has 0 aliphatic carbocycles. The lowest BCUT2D eigenvalue weighted by molar-refractivity contribution is -0.140. The molecule has 0 aromatic rings. The summed E-state index contributed by atoms with van der Waals surface area (Å²) in [5.41, 5.74) is 0. The molecule has 0 fully saturated rings. The molecule has 1 atom stereocenters. The Bertz CT molecular complexity index is 316. The average molecular weight is 283 g/mol. The Morgan fingerprint density at radius 2 is 2.12 bits per heavy atom. The zero-order chi connectivity index (χ0) is 13.3. The smallest absolute Gasteiger partial charge is 0.305 e. The van der Waals surface area contributed by atoms with Gasteiger partial charge in [0.2, 0.25) is 10.0 Å². The molecule has 0 heterocycles. The van der Waals surface area contributed by atoms with Gasteiger partial charge in [-0.3, -0.25) is 4.79 Å². The maximum Gasteiger partial charge on any atom is 0.305 e. The minimum Gasteiger partial charge on any atom is -0.469 e. The molecule has 0 amide bonds. The van der Waals surface area contributed by atoms with Crippen molar-refractivity contribution in [3.05, 3.63) is 0 Å². The number of carbonyl (C=O) groups excluding carboxylic acids is 1. The predicted molar refractivity (Wildman–Crippen MR) is 70.6 cm³/mol. The van der Waals surface area contributed by atoms with E-state index < -0.39 is 10.0 Å². The molecule has 102 valence electrons. The molecular weight excluding hydrogens is 262 g/mol. The van der Waals surface area contributed by atoms with Crippen LogP contribution in [0, 0.1) is 0 Å². The molecule has 1 N–H and O–H groups in total. The van der Waals surface area contributed by atoms with Crippen molar-refractivity contribution < 1.29 is 17.9 Å². The molecule has 0 aliphatic heterocycles. The van der Waals surface area contributed by atoms with Gasteiger partial charge in [-0.15, -0.1) is 0 Å². The molecule has 0 saturated heterocycles. The first-order valence-electron chi connectivity index (χ1n) is 5.51. The number of carbonyl (C=O) groups is 1. The Morgan fingerprint density at radius 3 is 2.59 bits per heavy atom. The van der Waals surface area contributed by atoms with Gasteiger partial charge in [-0.05, 0) is 19.1 Å². The lowest BCUT2D eigenvalue weighted by atomic mass is 10.3. The van der Waals surface area contributed by atoms with Crippen LogP contribution in [0.4, 0.5) is 0 Å². The van der Waals surface area contributed by atoms with Crippen LogP contribution in [0.2, 0.25) is 0 Å². The van der Waals surface area contributed by atoms with Crippen LogP contribution in [0.1, 0.15) is 26.2 Å². The van der Waals surface area contributed by atoms with E-state index in [0.717, 1.165) is 12.2 Å². The normalized spacial score (nSPS) is 13.4. The topological polar surface area (TPSA) is 72.5 Å². The van der Waals surface area contributed by atoms with Gasteiger partial charge in [0.25, 0.3) is 0 Å². The van der Waals surface area contributed by atoms with Gasteiger partial charge in [-0.2, -0.15) is 11.8 Å². The number of rotatable bonds is 9. The number of esters is 1. The van der Waals surface area contributed by atoms with Crippen LogP contribution in [0.5, 0.6) is 0 Å². The number of ether oxygens (including phenoxy) is 1.